The van der Waals surface area contributed by atoms with E-state index in [0.717, 1.165) is 6.42 Å². The molecule has 0 fully saturated rings. The highest BCUT2D eigenvalue weighted by atomic mass is 16.5. The summed E-state index contributed by atoms with van der Waals surface area (Å²) in [4.78, 5) is 22.8. The monoisotopic (exact) mass is 202 g/mol. The first-order chi connectivity index (χ1) is 6.58. The van der Waals surface area contributed by atoms with E-state index in [-0.39, 0.29) is 18.3 Å². The van der Waals surface area contributed by atoms with Crippen LogP contribution in [0.25, 0.3) is 0 Å². The van der Waals surface area contributed by atoms with E-state index in [1.807, 2.05) is 13.8 Å². The van der Waals surface area contributed by atoms with Gasteiger partial charge in [0.1, 0.15) is 12.5 Å². The third-order valence-electron chi connectivity index (χ3n) is 2.30. The number of methoxy groups -OCH3 is 2. The van der Waals surface area contributed by atoms with Crippen LogP contribution in [0.3, 0.4) is 0 Å². The molecule has 0 heterocycles. The Kier molecular flexibility index (Phi) is 6.12. The van der Waals surface area contributed by atoms with E-state index < -0.39 is 11.9 Å². The fourth-order valence-electron chi connectivity index (χ4n) is 1.28. The van der Waals surface area contributed by atoms with E-state index in [1.54, 1.807) is 0 Å². The van der Waals surface area contributed by atoms with Crippen LogP contribution in [0, 0.1) is 11.8 Å². The highest BCUT2D eigenvalue weighted by Gasteiger charge is 2.31. The van der Waals surface area contributed by atoms with Crippen molar-refractivity contribution in [3.63, 3.8) is 0 Å². The summed E-state index contributed by atoms with van der Waals surface area (Å²) in [6.45, 7) is 3.75. The lowest BCUT2D eigenvalue weighted by Gasteiger charge is -2.18. The highest BCUT2D eigenvalue weighted by molar-refractivity contribution is 5.99. The van der Waals surface area contributed by atoms with Crippen molar-refractivity contribution < 1.29 is 19.1 Å². The second-order valence-electron chi connectivity index (χ2n) is 3.29. The lowest BCUT2D eigenvalue weighted by atomic mass is 9.88. The van der Waals surface area contributed by atoms with Gasteiger partial charge in [-0.2, -0.15) is 0 Å². The maximum Gasteiger partial charge on any atom is 0.316 e. The number of ether oxygens (including phenoxy) is 2. The molecule has 2 atom stereocenters. The molecule has 82 valence electrons. The highest BCUT2D eigenvalue weighted by Crippen LogP contribution is 2.18. The van der Waals surface area contributed by atoms with Crippen LogP contribution in [0.2, 0.25) is 0 Å². The zero-order valence-corrected chi connectivity index (χ0v) is 9.20. The molecule has 0 spiro atoms. The van der Waals surface area contributed by atoms with Gasteiger partial charge in [-0.05, 0) is 5.92 Å². The fourth-order valence-corrected chi connectivity index (χ4v) is 1.28. The Bertz CT molecular complexity index is 200. The first-order valence-electron chi connectivity index (χ1n) is 4.67. The number of rotatable bonds is 6. The summed E-state index contributed by atoms with van der Waals surface area (Å²) in [6, 6.07) is 0. The summed E-state index contributed by atoms with van der Waals surface area (Å²) in [5.41, 5.74) is 0. The second-order valence-corrected chi connectivity index (χ2v) is 3.29. The minimum atomic E-state index is -0.690. The van der Waals surface area contributed by atoms with E-state index in [9.17, 15) is 9.59 Å². The lowest BCUT2D eigenvalue weighted by molar-refractivity contribution is -0.152. The quantitative estimate of drug-likeness (QED) is 0.477. The molecule has 0 N–H and O–H groups in total. The van der Waals surface area contributed by atoms with Gasteiger partial charge >= 0.3 is 5.97 Å². The summed E-state index contributed by atoms with van der Waals surface area (Å²) in [5, 5.41) is 0. The molecule has 0 radical (unpaired) electrons. The van der Waals surface area contributed by atoms with Crippen molar-refractivity contribution in [1.29, 1.82) is 0 Å². The molecule has 0 rings (SSSR count). The Balaban J connectivity index is 4.54. The Morgan fingerprint density at radius 1 is 1.29 bits per heavy atom. The van der Waals surface area contributed by atoms with Crippen molar-refractivity contribution in [1.82, 2.24) is 0 Å². The van der Waals surface area contributed by atoms with E-state index >= 15 is 0 Å². The van der Waals surface area contributed by atoms with Gasteiger partial charge in [0.05, 0.1) is 7.11 Å². The van der Waals surface area contributed by atoms with Crippen molar-refractivity contribution in [2.75, 3.05) is 20.8 Å². The number of esters is 1. The molecular formula is C10H18O4. The first kappa shape index (κ1) is 13.1. The number of hydrogen-bond donors (Lipinski definition) is 0. The molecule has 0 amide bonds. The molecule has 0 bridgehead atoms. The molecule has 0 saturated carbocycles. The Morgan fingerprint density at radius 3 is 2.21 bits per heavy atom. The van der Waals surface area contributed by atoms with Gasteiger partial charge in [-0.1, -0.05) is 20.3 Å². The van der Waals surface area contributed by atoms with Gasteiger partial charge in [0.15, 0.2) is 5.78 Å². The minimum absolute atomic E-state index is 0.00917. The molecule has 14 heavy (non-hydrogen) atoms. The van der Waals surface area contributed by atoms with E-state index in [2.05, 4.69) is 4.74 Å². The first-order valence-corrected chi connectivity index (χ1v) is 4.67. The van der Waals surface area contributed by atoms with Crippen LogP contribution in [0.5, 0.6) is 0 Å². The topological polar surface area (TPSA) is 52.6 Å². The molecule has 0 aromatic carbocycles. The average molecular weight is 202 g/mol. The SMILES string of the molecule is CCC(C)C(C(=O)COC)C(=O)OC. The third-order valence-corrected chi connectivity index (χ3v) is 2.30. The van der Waals surface area contributed by atoms with Crippen LogP contribution in [0.4, 0.5) is 0 Å². The Morgan fingerprint density at radius 2 is 1.86 bits per heavy atom. The van der Waals surface area contributed by atoms with Crippen molar-refractivity contribution in [2.45, 2.75) is 20.3 Å². The number of hydrogen-bond acceptors (Lipinski definition) is 4. The van der Waals surface area contributed by atoms with Gasteiger partial charge in [0, 0.05) is 7.11 Å². The molecular weight excluding hydrogens is 184 g/mol. The molecule has 4 heteroatoms. The molecule has 4 nitrogen and oxygen atoms in total. The molecule has 0 aliphatic heterocycles. The number of carbonyl (C=O) groups is 2. The zero-order chi connectivity index (χ0) is 11.1. The second kappa shape index (κ2) is 6.54. The van der Waals surface area contributed by atoms with Gasteiger partial charge in [-0.3, -0.25) is 9.59 Å². The van der Waals surface area contributed by atoms with Gasteiger partial charge < -0.3 is 9.47 Å². The van der Waals surface area contributed by atoms with Gasteiger partial charge in [-0.25, -0.2) is 0 Å². The molecule has 0 saturated heterocycles. The third kappa shape index (κ3) is 3.46. The van der Waals surface area contributed by atoms with Crippen molar-refractivity contribution in [2.24, 2.45) is 11.8 Å². The van der Waals surface area contributed by atoms with Gasteiger partial charge in [-0.15, -0.1) is 0 Å². The number of ketones is 1. The zero-order valence-electron chi connectivity index (χ0n) is 9.20. The van der Waals surface area contributed by atoms with Crippen molar-refractivity contribution in [3.8, 4) is 0 Å². The van der Waals surface area contributed by atoms with Crippen molar-refractivity contribution in [3.05, 3.63) is 0 Å². The predicted octanol–water partition coefficient (Wildman–Crippen LogP) is 1.04. The van der Waals surface area contributed by atoms with Crippen LogP contribution in [-0.4, -0.2) is 32.6 Å². The molecule has 2 unspecified atom stereocenters. The maximum absolute atomic E-state index is 11.5. The number of carbonyl (C=O) groups excluding carboxylic acids is 2. The molecule has 0 aromatic heterocycles. The summed E-state index contributed by atoms with van der Waals surface area (Å²) in [6.07, 6.45) is 0.759. The minimum Gasteiger partial charge on any atom is -0.468 e. The summed E-state index contributed by atoms with van der Waals surface area (Å²) < 4.78 is 9.30. The predicted molar refractivity (Wildman–Crippen MR) is 51.8 cm³/mol. The van der Waals surface area contributed by atoms with E-state index in [0.29, 0.717) is 0 Å². The van der Waals surface area contributed by atoms with Gasteiger partial charge in [0.25, 0.3) is 0 Å². The van der Waals surface area contributed by atoms with Crippen LogP contribution in [0.1, 0.15) is 20.3 Å². The lowest BCUT2D eigenvalue weighted by Crippen LogP contribution is -2.33. The van der Waals surface area contributed by atoms with Crippen LogP contribution < -0.4 is 0 Å². The summed E-state index contributed by atoms with van der Waals surface area (Å²) in [7, 11) is 2.72. The Labute approximate surface area is 84.6 Å². The largest absolute Gasteiger partial charge is 0.468 e. The molecule has 0 aromatic rings. The molecule has 0 aliphatic rings. The average Bonchev–Trinajstić information content (AvgIpc) is 2.17. The summed E-state index contributed by atoms with van der Waals surface area (Å²) >= 11 is 0. The maximum atomic E-state index is 11.5. The Hall–Kier alpha value is -0.900. The standard InChI is InChI=1S/C10H18O4/c1-5-7(2)9(10(12)14-4)8(11)6-13-3/h7,9H,5-6H2,1-4H3. The summed E-state index contributed by atoms with van der Waals surface area (Å²) in [5.74, 6) is -1.38. The normalized spacial score (nSPS) is 14.6. The van der Waals surface area contributed by atoms with E-state index in [1.165, 1.54) is 14.2 Å². The number of Topliss-reactive ketones (excluding diaryl/α,β-unsaturated/α-hetero) is 1. The molecule has 0 aliphatic carbocycles. The van der Waals surface area contributed by atoms with Gasteiger partial charge in [0.2, 0.25) is 0 Å². The van der Waals surface area contributed by atoms with E-state index in [4.69, 9.17) is 4.74 Å². The smallest absolute Gasteiger partial charge is 0.316 e. The van der Waals surface area contributed by atoms with Crippen LogP contribution >= 0.6 is 0 Å². The van der Waals surface area contributed by atoms with Crippen LogP contribution in [-0.2, 0) is 19.1 Å². The van der Waals surface area contributed by atoms with Crippen molar-refractivity contribution >= 4 is 11.8 Å². The fraction of sp³-hybridized carbons (Fsp3) is 0.800. The van der Waals surface area contributed by atoms with Crippen LogP contribution in [0.15, 0.2) is 0 Å².